The Morgan fingerprint density at radius 2 is 1.86 bits per heavy atom. The minimum atomic E-state index is -0.962. The third-order valence-corrected chi connectivity index (χ3v) is 8.17. The van der Waals surface area contributed by atoms with Crippen LogP contribution in [-0.4, -0.2) is 111 Å². The van der Waals surface area contributed by atoms with Crippen molar-refractivity contribution in [1.82, 2.24) is 15.1 Å². The van der Waals surface area contributed by atoms with E-state index in [4.69, 9.17) is 41.0 Å². The Labute approximate surface area is 300 Å². The number of fused-ring (bicyclic) bond motifs is 2. The molecule has 51 heavy (non-hydrogen) atoms. The van der Waals surface area contributed by atoms with Crippen LogP contribution in [0.15, 0.2) is 42.8 Å². The van der Waals surface area contributed by atoms with Crippen molar-refractivity contribution in [3.8, 4) is 11.5 Å². The van der Waals surface area contributed by atoms with Crippen LogP contribution in [0.4, 0.5) is 9.59 Å². The van der Waals surface area contributed by atoms with E-state index in [-0.39, 0.29) is 49.5 Å². The number of esters is 1. The highest BCUT2D eigenvalue weighted by atomic mass is 16.8. The lowest BCUT2D eigenvalue weighted by Gasteiger charge is -2.31. The third kappa shape index (κ3) is 10.8. The summed E-state index contributed by atoms with van der Waals surface area (Å²) in [6.45, 7) is 12.3. The summed E-state index contributed by atoms with van der Waals surface area (Å²) >= 11 is 0. The van der Waals surface area contributed by atoms with Crippen molar-refractivity contribution in [2.45, 2.75) is 90.8 Å². The summed E-state index contributed by atoms with van der Waals surface area (Å²) in [5.41, 5.74) is -0.146. The Kier molecular flexibility index (Phi) is 13.0. The lowest BCUT2D eigenvalue weighted by atomic mass is 9.99. The summed E-state index contributed by atoms with van der Waals surface area (Å²) < 4.78 is 40.4. The highest BCUT2D eigenvalue weighted by Crippen LogP contribution is 2.34. The molecule has 0 bridgehead atoms. The van der Waals surface area contributed by atoms with E-state index in [1.165, 1.54) is 35.3 Å². The molecular formula is C36H48BN3O11. The fourth-order valence-electron chi connectivity index (χ4n) is 5.53. The van der Waals surface area contributed by atoms with Gasteiger partial charge in [-0.25, -0.2) is 9.59 Å². The Balaban J connectivity index is 1.58. The van der Waals surface area contributed by atoms with Crippen LogP contribution in [0.25, 0.3) is 6.08 Å². The number of cyclic esters (lactones) is 1. The summed E-state index contributed by atoms with van der Waals surface area (Å²) in [6, 6.07) is 3.18. The number of carbonyl (C=O) groups excluding carboxylic acids is 4. The topological polar surface area (TPSA) is 151 Å². The summed E-state index contributed by atoms with van der Waals surface area (Å²) in [5, 5.41) is 3.03. The molecule has 15 heteroatoms. The number of carbonyl (C=O) groups is 4. The maximum Gasteiger partial charge on any atom is 0.416 e. The number of nitrogens with zero attached hydrogens (tertiary/aromatic N) is 2. The van der Waals surface area contributed by atoms with Crippen molar-refractivity contribution in [1.29, 1.82) is 0 Å². The predicted octanol–water partition coefficient (Wildman–Crippen LogP) is 4.52. The van der Waals surface area contributed by atoms with Crippen LogP contribution in [0.5, 0.6) is 11.5 Å². The first-order valence-corrected chi connectivity index (χ1v) is 16.8. The zero-order valence-electron chi connectivity index (χ0n) is 30.5. The molecule has 1 N–H and O–H groups in total. The molecule has 2 radical (unpaired) electrons. The maximum absolute atomic E-state index is 13.7. The van der Waals surface area contributed by atoms with Gasteiger partial charge in [-0.15, -0.1) is 0 Å². The van der Waals surface area contributed by atoms with E-state index in [0.717, 1.165) is 0 Å². The average Bonchev–Trinajstić information content (AvgIpc) is 3.63. The highest BCUT2D eigenvalue weighted by Gasteiger charge is 2.43. The first-order valence-electron chi connectivity index (χ1n) is 16.8. The van der Waals surface area contributed by atoms with E-state index >= 15 is 0 Å². The van der Waals surface area contributed by atoms with Gasteiger partial charge in [0.2, 0.25) is 7.85 Å². The second-order valence-corrected chi connectivity index (χ2v) is 13.9. The minimum Gasteiger partial charge on any atom is -0.492 e. The number of rotatable bonds is 9. The Morgan fingerprint density at radius 1 is 1.12 bits per heavy atom. The van der Waals surface area contributed by atoms with Gasteiger partial charge in [0.05, 0.1) is 19.2 Å². The van der Waals surface area contributed by atoms with Gasteiger partial charge in [0.25, 0.3) is 0 Å². The van der Waals surface area contributed by atoms with Gasteiger partial charge in [0.1, 0.15) is 47.6 Å². The van der Waals surface area contributed by atoms with Crippen molar-refractivity contribution in [3.05, 3.63) is 53.9 Å². The van der Waals surface area contributed by atoms with Gasteiger partial charge in [-0.05, 0) is 65.7 Å². The van der Waals surface area contributed by atoms with E-state index in [1.54, 1.807) is 72.0 Å². The molecule has 4 unspecified atom stereocenters. The lowest BCUT2D eigenvalue weighted by molar-refractivity contribution is -0.152. The van der Waals surface area contributed by atoms with Gasteiger partial charge in [-0.1, -0.05) is 25.2 Å². The largest absolute Gasteiger partial charge is 0.492 e. The number of hydrogen-bond acceptors (Lipinski definition) is 12. The van der Waals surface area contributed by atoms with E-state index in [9.17, 15) is 19.2 Å². The van der Waals surface area contributed by atoms with Gasteiger partial charge in [0.15, 0.2) is 24.2 Å². The fourth-order valence-corrected chi connectivity index (χ4v) is 5.53. The van der Waals surface area contributed by atoms with Gasteiger partial charge < -0.3 is 43.4 Å². The van der Waals surface area contributed by atoms with Crippen molar-refractivity contribution >= 4 is 37.6 Å². The zero-order valence-corrected chi connectivity index (χ0v) is 30.5. The van der Waals surface area contributed by atoms with Crippen LogP contribution in [0.1, 0.15) is 70.8 Å². The molecule has 1 saturated heterocycles. The van der Waals surface area contributed by atoms with Crippen LogP contribution in [-0.2, 0) is 28.5 Å². The summed E-state index contributed by atoms with van der Waals surface area (Å²) in [4.78, 5) is 54.6. The van der Waals surface area contributed by atoms with Crippen LogP contribution >= 0.6 is 0 Å². The number of ketones is 1. The minimum absolute atomic E-state index is 0.000792. The molecular weight excluding hydrogens is 661 g/mol. The van der Waals surface area contributed by atoms with Gasteiger partial charge >= 0.3 is 12.1 Å². The molecule has 3 heterocycles. The van der Waals surface area contributed by atoms with Crippen molar-refractivity contribution < 1.29 is 52.3 Å². The van der Waals surface area contributed by atoms with Gasteiger partial charge in [0, 0.05) is 31.5 Å². The molecule has 3 aliphatic rings. The quantitative estimate of drug-likeness (QED) is 0.218. The molecule has 0 saturated carbocycles. The normalized spacial score (nSPS) is 25.8. The van der Waals surface area contributed by atoms with Crippen molar-refractivity contribution in [3.63, 3.8) is 0 Å². The number of hydrogen-bond donors (Lipinski definition) is 1. The van der Waals surface area contributed by atoms with E-state index < -0.39 is 53.7 Å². The highest BCUT2D eigenvalue weighted by molar-refractivity contribution is 6.56. The van der Waals surface area contributed by atoms with Crippen molar-refractivity contribution in [2.75, 3.05) is 33.6 Å². The first kappa shape index (κ1) is 39.5. The summed E-state index contributed by atoms with van der Waals surface area (Å²) in [5.74, 6) is -2.40. The molecule has 1 aromatic carbocycles. The fraction of sp³-hybridized carbons (Fsp3) is 0.556. The second kappa shape index (κ2) is 16.8. The summed E-state index contributed by atoms with van der Waals surface area (Å²) in [7, 11) is 7.15. The number of methoxy groups -OCH3 is 1. The van der Waals surface area contributed by atoms with Crippen LogP contribution in [0.3, 0.4) is 0 Å². The second-order valence-electron chi connectivity index (χ2n) is 13.9. The Hall–Kier alpha value is -4.34. The molecule has 14 nitrogen and oxygen atoms in total. The molecule has 0 aromatic heterocycles. The smallest absolute Gasteiger partial charge is 0.416 e. The molecule has 5 atom stereocenters. The molecule has 1 aromatic rings. The monoisotopic (exact) mass is 709 g/mol. The first-order chi connectivity index (χ1) is 24.0. The molecule has 0 aliphatic carbocycles. The van der Waals surface area contributed by atoms with Crippen molar-refractivity contribution in [2.24, 2.45) is 5.92 Å². The number of ether oxygens (including phenoxy) is 7. The third-order valence-electron chi connectivity index (χ3n) is 8.17. The Morgan fingerprint density at radius 3 is 2.55 bits per heavy atom. The summed E-state index contributed by atoms with van der Waals surface area (Å²) in [6.07, 6.45) is 6.87. The number of benzene rings is 1. The van der Waals surface area contributed by atoms with E-state index in [1.807, 2.05) is 6.92 Å². The molecule has 4 rings (SSSR count). The van der Waals surface area contributed by atoms with E-state index in [2.05, 4.69) is 5.32 Å². The number of amides is 2. The predicted molar refractivity (Wildman–Crippen MR) is 187 cm³/mol. The SMILES string of the molecule is [B]C(=O)N(CCOc1cc2c(c(OCOC)c1)C(=O)OC(C)[C@H](C)/C=C\C(=O)C1OC(C)(C)OC1C/C=C/2)CC1NC=CN1C(=O)OC(C)(C)C. The molecule has 3 aliphatic heterocycles. The molecule has 276 valence electrons. The standard InChI is InChI=1S/C36H48BN3O11/c1-22-12-13-26(41)31-27(49-36(6,7)50-31)11-9-10-24-18-25(19-28(47-21-45-8)30(24)32(42)48-23(22)2)46-17-16-39(33(37)43)20-29-38-14-15-40(29)34(44)51-35(3,4)5/h9-10,12-15,18-19,22-23,27,29,31,38H,11,16-17,20-21H2,1-8H3/b10-9+,13-12-/t22-,23?,27?,29?,31?/m1/s1. The molecule has 0 spiro atoms. The van der Waals surface area contributed by atoms with Crippen LogP contribution in [0, 0.1) is 5.92 Å². The van der Waals surface area contributed by atoms with Gasteiger partial charge in [-0.3, -0.25) is 14.5 Å². The van der Waals surface area contributed by atoms with Crippen LogP contribution in [0.2, 0.25) is 0 Å². The zero-order chi connectivity index (χ0) is 37.5. The molecule has 2 amide bonds. The van der Waals surface area contributed by atoms with E-state index in [0.29, 0.717) is 17.7 Å². The lowest BCUT2D eigenvalue weighted by Crippen LogP contribution is -2.50. The molecule has 1 fully saturated rings. The van der Waals surface area contributed by atoms with Crippen LogP contribution < -0.4 is 14.8 Å². The Bertz CT molecular complexity index is 1540. The van der Waals surface area contributed by atoms with Gasteiger partial charge in [-0.2, -0.15) is 0 Å². The number of nitrogens with one attached hydrogen (secondary N) is 1. The maximum atomic E-state index is 13.7. The average molecular weight is 710 g/mol.